The molecule has 0 aliphatic heterocycles. The molecule has 0 bridgehead atoms. The van der Waals surface area contributed by atoms with Crippen LogP contribution < -0.4 is 5.32 Å². The zero-order valence-corrected chi connectivity index (χ0v) is 17.8. The van der Waals surface area contributed by atoms with Crippen molar-refractivity contribution in [2.75, 3.05) is 0 Å². The molecule has 3 aromatic heterocycles. The van der Waals surface area contributed by atoms with E-state index in [0.717, 1.165) is 52.2 Å². The van der Waals surface area contributed by atoms with Crippen LogP contribution in [-0.4, -0.2) is 30.5 Å². The molecule has 0 radical (unpaired) electrons. The Morgan fingerprint density at radius 3 is 2.63 bits per heavy atom. The van der Waals surface area contributed by atoms with Crippen molar-refractivity contribution < 1.29 is 4.79 Å². The van der Waals surface area contributed by atoms with Gasteiger partial charge in [-0.1, -0.05) is 18.2 Å². The highest BCUT2D eigenvalue weighted by Crippen LogP contribution is 2.27. The molecule has 0 spiro atoms. The summed E-state index contributed by atoms with van der Waals surface area (Å²) in [5.41, 5.74) is 6.08. The number of nitrogens with zero attached hydrogens (tertiary/aromatic N) is 5. The largest absolute Gasteiger partial charge is 0.348 e. The summed E-state index contributed by atoms with van der Waals surface area (Å²) in [6.45, 7) is 10.1. The van der Waals surface area contributed by atoms with Crippen LogP contribution in [0.2, 0.25) is 0 Å². The van der Waals surface area contributed by atoms with Gasteiger partial charge in [-0.15, -0.1) is 0 Å². The first-order valence-electron chi connectivity index (χ1n) is 10.3. The predicted molar refractivity (Wildman–Crippen MR) is 117 cm³/mol. The molecule has 0 saturated carbocycles. The lowest BCUT2D eigenvalue weighted by Crippen LogP contribution is -2.23. The molecule has 0 saturated heterocycles. The van der Waals surface area contributed by atoms with E-state index in [1.165, 1.54) is 0 Å². The summed E-state index contributed by atoms with van der Waals surface area (Å²) < 4.78 is 3.81. The molecule has 30 heavy (non-hydrogen) atoms. The summed E-state index contributed by atoms with van der Waals surface area (Å²) in [4.78, 5) is 18.0. The number of aromatic nitrogens is 5. The molecule has 3 heterocycles. The number of rotatable bonds is 6. The second-order valence-electron chi connectivity index (χ2n) is 7.31. The van der Waals surface area contributed by atoms with E-state index in [1.54, 1.807) is 0 Å². The van der Waals surface area contributed by atoms with Crippen LogP contribution in [0.1, 0.15) is 41.2 Å². The number of fused-ring (bicyclic) bond motifs is 1. The molecule has 0 atom stereocenters. The lowest BCUT2D eigenvalue weighted by atomic mass is 10.0. The molecule has 154 valence electrons. The van der Waals surface area contributed by atoms with Crippen molar-refractivity contribution in [1.29, 1.82) is 0 Å². The van der Waals surface area contributed by atoms with Gasteiger partial charge in [0.2, 0.25) is 0 Å². The Bertz CT molecular complexity index is 1220. The molecule has 1 N–H and O–H groups in total. The normalized spacial score (nSPS) is 11.2. The first-order chi connectivity index (χ1) is 14.5. The molecule has 4 rings (SSSR count). The minimum absolute atomic E-state index is 0.126. The minimum Gasteiger partial charge on any atom is -0.348 e. The summed E-state index contributed by atoms with van der Waals surface area (Å²) in [7, 11) is 0. The summed E-state index contributed by atoms with van der Waals surface area (Å²) in [5.74, 6) is -0.126. The van der Waals surface area contributed by atoms with Crippen LogP contribution in [0.5, 0.6) is 0 Å². The summed E-state index contributed by atoms with van der Waals surface area (Å²) in [6, 6.07) is 9.60. The van der Waals surface area contributed by atoms with Crippen LogP contribution in [0.25, 0.3) is 22.2 Å². The van der Waals surface area contributed by atoms with E-state index >= 15 is 0 Å². The minimum atomic E-state index is -0.126. The van der Waals surface area contributed by atoms with Gasteiger partial charge in [-0.05, 0) is 39.8 Å². The van der Waals surface area contributed by atoms with Crippen LogP contribution in [0.4, 0.5) is 0 Å². The molecule has 7 heteroatoms. The quantitative estimate of drug-likeness (QED) is 0.531. The molecule has 1 amide bonds. The summed E-state index contributed by atoms with van der Waals surface area (Å²) in [6.07, 6.45) is 3.80. The molecule has 0 unspecified atom stereocenters. The Balaban J connectivity index is 1.70. The SMILES string of the molecule is CCn1cc(CNC(=O)c2cc(-c3cnn(CC)c3C)nc3ccccc23)c(C)n1. The average molecular weight is 403 g/mol. The molecular weight excluding hydrogens is 376 g/mol. The van der Waals surface area contributed by atoms with Crippen LogP contribution in [0.3, 0.4) is 0 Å². The third-order valence-electron chi connectivity index (χ3n) is 5.45. The zero-order chi connectivity index (χ0) is 21.3. The Labute approximate surface area is 175 Å². The van der Waals surface area contributed by atoms with Crippen molar-refractivity contribution in [3.63, 3.8) is 0 Å². The van der Waals surface area contributed by atoms with E-state index in [4.69, 9.17) is 4.98 Å². The van der Waals surface area contributed by atoms with Gasteiger partial charge in [0.15, 0.2) is 0 Å². The molecule has 1 aromatic carbocycles. The van der Waals surface area contributed by atoms with Gasteiger partial charge in [-0.3, -0.25) is 14.2 Å². The number of carbonyl (C=O) groups excluding carboxylic acids is 1. The van der Waals surface area contributed by atoms with E-state index in [9.17, 15) is 4.79 Å². The highest BCUT2D eigenvalue weighted by atomic mass is 16.1. The Kier molecular flexibility index (Phi) is 5.35. The maximum absolute atomic E-state index is 13.2. The number of carbonyl (C=O) groups is 1. The maximum Gasteiger partial charge on any atom is 0.252 e. The molecule has 0 aliphatic rings. The average Bonchev–Trinajstić information content (AvgIpc) is 3.32. The van der Waals surface area contributed by atoms with E-state index in [2.05, 4.69) is 22.4 Å². The molecule has 7 nitrogen and oxygen atoms in total. The number of para-hydroxylation sites is 1. The number of aryl methyl sites for hydroxylation is 3. The van der Waals surface area contributed by atoms with Gasteiger partial charge in [0, 0.05) is 48.0 Å². The summed E-state index contributed by atoms with van der Waals surface area (Å²) >= 11 is 0. The van der Waals surface area contributed by atoms with Crippen LogP contribution in [0.15, 0.2) is 42.7 Å². The fourth-order valence-electron chi connectivity index (χ4n) is 3.68. The van der Waals surface area contributed by atoms with Gasteiger partial charge in [0.1, 0.15) is 0 Å². The second kappa shape index (κ2) is 8.10. The standard InChI is InChI=1S/C23H26N6O/c1-5-28-14-17(15(3)27-28)12-24-23(30)19-11-22(20-13-25-29(6-2)16(20)4)26-21-10-8-7-9-18(19)21/h7-11,13-14H,5-6,12H2,1-4H3,(H,24,30). The van der Waals surface area contributed by atoms with Gasteiger partial charge in [0.05, 0.1) is 28.7 Å². The van der Waals surface area contributed by atoms with Crippen molar-refractivity contribution in [1.82, 2.24) is 29.9 Å². The Morgan fingerprint density at radius 1 is 1.13 bits per heavy atom. The monoisotopic (exact) mass is 402 g/mol. The van der Waals surface area contributed by atoms with E-state index in [0.29, 0.717) is 12.1 Å². The topological polar surface area (TPSA) is 77.6 Å². The van der Waals surface area contributed by atoms with Gasteiger partial charge in [-0.2, -0.15) is 10.2 Å². The smallest absolute Gasteiger partial charge is 0.252 e. The van der Waals surface area contributed by atoms with E-state index < -0.39 is 0 Å². The van der Waals surface area contributed by atoms with Crippen molar-refractivity contribution in [3.05, 3.63) is 65.2 Å². The third kappa shape index (κ3) is 3.58. The lowest BCUT2D eigenvalue weighted by Gasteiger charge is -2.10. The zero-order valence-electron chi connectivity index (χ0n) is 17.8. The van der Waals surface area contributed by atoms with E-state index in [1.807, 2.05) is 72.9 Å². The maximum atomic E-state index is 13.2. The fourth-order valence-corrected chi connectivity index (χ4v) is 3.68. The van der Waals surface area contributed by atoms with Crippen molar-refractivity contribution in [3.8, 4) is 11.3 Å². The number of amides is 1. The molecule has 0 fully saturated rings. The first-order valence-corrected chi connectivity index (χ1v) is 10.3. The van der Waals surface area contributed by atoms with Crippen LogP contribution >= 0.6 is 0 Å². The molecule has 0 aliphatic carbocycles. The fraction of sp³-hybridized carbons (Fsp3) is 0.304. The van der Waals surface area contributed by atoms with Crippen LogP contribution in [-0.2, 0) is 19.6 Å². The van der Waals surface area contributed by atoms with Crippen molar-refractivity contribution >= 4 is 16.8 Å². The third-order valence-corrected chi connectivity index (χ3v) is 5.45. The number of pyridine rings is 1. The molecule has 4 aromatic rings. The van der Waals surface area contributed by atoms with Crippen LogP contribution in [0, 0.1) is 13.8 Å². The Hall–Kier alpha value is -3.48. The van der Waals surface area contributed by atoms with Crippen molar-refractivity contribution in [2.45, 2.75) is 47.3 Å². The number of hydrogen-bond donors (Lipinski definition) is 1. The van der Waals surface area contributed by atoms with Gasteiger partial charge < -0.3 is 5.32 Å². The Morgan fingerprint density at radius 2 is 1.93 bits per heavy atom. The van der Waals surface area contributed by atoms with Gasteiger partial charge in [0.25, 0.3) is 5.91 Å². The summed E-state index contributed by atoms with van der Waals surface area (Å²) in [5, 5.41) is 12.8. The molecular formula is C23H26N6O. The number of benzene rings is 1. The van der Waals surface area contributed by atoms with Crippen molar-refractivity contribution in [2.24, 2.45) is 0 Å². The van der Waals surface area contributed by atoms with Gasteiger partial charge >= 0.3 is 0 Å². The van der Waals surface area contributed by atoms with Gasteiger partial charge in [-0.25, -0.2) is 4.98 Å². The van der Waals surface area contributed by atoms with E-state index in [-0.39, 0.29) is 5.91 Å². The highest BCUT2D eigenvalue weighted by molar-refractivity contribution is 6.07. The first kappa shape index (κ1) is 19.8. The predicted octanol–water partition coefficient (Wildman–Crippen LogP) is 3.88. The second-order valence-corrected chi connectivity index (χ2v) is 7.31. The number of nitrogens with one attached hydrogen (secondary N) is 1. The lowest BCUT2D eigenvalue weighted by molar-refractivity contribution is 0.0952. The number of hydrogen-bond acceptors (Lipinski definition) is 4. The highest BCUT2D eigenvalue weighted by Gasteiger charge is 2.17.